The Hall–Kier alpha value is -0.770. The van der Waals surface area contributed by atoms with Gasteiger partial charge in [-0.05, 0) is 23.6 Å². The molecule has 1 atom stereocenters. The van der Waals surface area contributed by atoms with Gasteiger partial charge in [0.15, 0.2) is 0 Å². The van der Waals surface area contributed by atoms with Crippen LogP contribution in [0.4, 0.5) is 0 Å². The van der Waals surface area contributed by atoms with E-state index in [9.17, 15) is 4.79 Å². The summed E-state index contributed by atoms with van der Waals surface area (Å²) in [6, 6.07) is 6.90. The number of nitrogens with two attached hydrogens (primary N) is 1. The Bertz CT molecular complexity index is 352. The van der Waals surface area contributed by atoms with E-state index in [-0.39, 0.29) is 24.2 Å². The molecule has 0 spiro atoms. The number of hydrogen-bond acceptors (Lipinski definition) is 2. The molecule has 1 amide bonds. The molecule has 3 N–H and O–H groups in total. The van der Waals surface area contributed by atoms with Gasteiger partial charge < -0.3 is 11.1 Å². The normalized spacial score (nSPS) is 11.8. The molecule has 3 nitrogen and oxygen atoms in total. The molecular formula is C12H18Cl2N2O. The standard InChI is InChI=1S/C12H17ClN2O.ClH/c1-8(2)11(14)12(16)15-7-9-3-5-10(13)6-4-9;/h3-6,8,11H,7,14H2,1-2H3,(H,15,16);1H/t11-;/m1./s1. The lowest BCUT2D eigenvalue weighted by atomic mass is 10.0. The van der Waals surface area contributed by atoms with E-state index in [1.165, 1.54) is 0 Å². The molecule has 1 aromatic rings. The Morgan fingerprint density at radius 2 is 1.88 bits per heavy atom. The molecule has 0 aliphatic heterocycles. The Morgan fingerprint density at radius 3 is 2.35 bits per heavy atom. The number of halogens is 2. The molecule has 0 heterocycles. The van der Waals surface area contributed by atoms with Crippen LogP contribution >= 0.6 is 24.0 Å². The molecule has 0 bridgehead atoms. The minimum Gasteiger partial charge on any atom is -0.351 e. The fourth-order valence-electron chi connectivity index (χ4n) is 1.21. The summed E-state index contributed by atoms with van der Waals surface area (Å²) >= 11 is 5.76. The average molecular weight is 277 g/mol. The van der Waals surface area contributed by atoms with Crippen molar-refractivity contribution in [3.05, 3.63) is 34.9 Å². The van der Waals surface area contributed by atoms with E-state index < -0.39 is 6.04 Å². The van der Waals surface area contributed by atoms with Gasteiger partial charge in [-0.3, -0.25) is 4.79 Å². The van der Waals surface area contributed by atoms with Crippen LogP contribution in [0.3, 0.4) is 0 Å². The third kappa shape index (κ3) is 5.39. The van der Waals surface area contributed by atoms with Crippen LogP contribution in [0, 0.1) is 5.92 Å². The zero-order valence-electron chi connectivity index (χ0n) is 9.94. The molecule has 0 aliphatic rings. The lowest BCUT2D eigenvalue weighted by Gasteiger charge is -2.15. The fraction of sp³-hybridized carbons (Fsp3) is 0.417. The van der Waals surface area contributed by atoms with E-state index in [0.717, 1.165) is 5.56 Å². The maximum absolute atomic E-state index is 11.6. The van der Waals surface area contributed by atoms with Crippen molar-refractivity contribution in [2.45, 2.75) is 26.4 Å². The third-order valence-electron chi connectivity index (χ3n) is 2.40. The van der Waals surface area contributed by atoms with Crippen molar-refractivity contribution in [2.24, 2.45) is 11.7 Å². The van der Waals surface area contributed by atoms with Crippen molar-refractivity contribution in [1.82, 2.24) is 5.32 Å². The summed E-state index contributed by atoms with van der Waals surface area (Å²) in [5.74, 6) is 0.0233. The summed E-state index contributed by atoms with van der Waals surface area (Å²) in [5.41, 5.74) is 6.72. The number of nitrogens with one attached hydrogen (secondary N) is 1. The van der Waals surface area contributed by atoms with Crippen molar-refractivity contribution in [3.63, 3.8) is 0 Å². The molecule has 0 aromatic heterocycles. The third-order valence-corrected chi connectivity index (χ3v) is 2.65. The summed E-state index contributed by atoms with van der Waals surface area (Å²) in [7, 11) is 0. The lowest BCUT2D eigenvalue weighted by Crippen LogP contribution is -2.43. The molecule has 0 aliphatic carbocycles. The number of rotatable bonds is 4. The Morgan fingerprint density at radius 1 is 1.35 bits per heavy atom. The Kier molecular flexibility index (Phi) is 7.19. The summed E-state index contributed by atoms with van der Waals surface area (Å²) in [5, 5.41) is 3.48. The second kappa shape index (κ2) is 7.54. The van der Waals surface area contributed by atoms with Crippen molar-refractivity contribution in [2.75, 3.05) is 0 Å². The first kappa shape index (κ1) is 16.2. The van der Waals surface area contributed by atoms with Crippen LogP contribution in [0.15, 0.2) is 24.3 Å². The molecule has 0 unspecified atom stereocenters. The van der Waals surface area contributed by atoms with Gasteiger partial charge in [0, 0.05) is 11.6 Å². The highest BCUT2D eigenvalue weighted by Crippen LogP contribution is 2.09. The monoisotopic (exact) mass is 276 g/mol. The number of carbonyl (C=O) groups excluding carboxylic acids is 1. The maximum Gasteiger partial charge on any atom is 0.237 e. The minimum absolute atomic E-state index is 0. The van der Waals surface area contributed by atoms with E-state index in [2.05, 4.69) is 5.32 Å². The van der Waals surface area contributed by atoms with Gasteiger partial charge in [-0.15, -0.1) is 12.4 Å². The summed E-state index contributed by atoms with van der Waals surface area (Å²) in [4.78, 5) is 11.6. The molecule has 1 rings (SSSR count). The minimum atomic E-state index is -0.452. The number of amides is 1. The van der Waals surface area contributed by atoms with E-state index in [1.807, 2.05) is 26.0 Å². The molecule has 0 saturated heterocycles. The average Bonchev–Trinajstić information content (AvgIpc) is 2.26. The van der Waals surface area contributed by atoms with Gasteiger partial charge in [0.05, 0.1) is 6.04 Å². The maximum atomic E-state index is 11.6. The topological polar surface area (TPSA) is 55.1 Å². The molecule has 0 radical (unpaired) electrons. The van der Waals surface area contributed by atoms with E-state index in [1.54, 1.807) is 12.1 Å². The molecule has 17 heavy (non-hydrogen) atoms. The van der Waals surface area contributed by atoms with Gasteiger partial charge in [-0.25, -0.2) is 0 Å². The van der Waals surface area contributed by atoms with Gasteiger partial charge in [0.1, 0.15) is 0 Å². The van der Waals surface area contributed by atoms with E-state index in [0.29, 0.717) is 11.6 Å². The van der Waals surface area contributed by atoms with Crippen LogP contribution in [-0.4, -0.2) is 11.9 Å². The number of carbonyl (C=O) groups is 1. The van der Waals surface area contributed by atoms with E-state index in [4.69, 9.17) is 17.3 Å². The second-order valence-electron chi connectivity index (χ2n) is 4.11. The highest BCUT2D eigenvalue weighted by molar-refractivity contribution is 6.30. The summed E-state index contributed by atoms with van der Waals surface area (Å²) < 4.78 is 0. The van der Waals surface area contributed by atoms with Crippen LogP contribution in [0.25, 0.3) is 0 Å². The quantitative estimate of drug-likeness (QED) is 0.887. The molecule has 0 fully saturated rings. The lowest BCUT2D eigenvalue weighted by molar-refractivity contribution is -0.123. The molecule has 5 heteroatoms. The van der Waals surface area contributed by atoms with Gasteiger partial charge in [-0.2, -0.15) is 0 Å². The molecule has 0 saturated carbocycles. The van der Waals surface area contributed by atoms with Crippen LogP contribution in [0.1, 0.15) is 19.4 Å². The summed E-state index contributed by atoms with van der Waals surface area (Å²) in [6.45, 7) is 4.33. The van der Waals surface area contributed by atoms with Gasteiger partial charge in [-0.1, -0.05) is 37.6 Å². The SMILES string of the molecule is CC(C)[C@@H](N)C(=O)NCc1ccc(Cl)cc1.Cl. The predicted molar refractivity (Wildman–Crippen MR) is 73.4 cm³/mol. The highest BCUT2D eigenvalue weighted by Gasteiger charge is 2.16. The predicted octanol–water partition coefficient (Wildman–Crippen LogP) is 2.36. The first-order valence-corrected chi connectivity index (χ1v) is 5.66. The smallest absolute Gasteiger partial charge is 0.237 e. The van der Waals surface area contributed by atoms with Crippen molar-refractivity contribution >= 4 is 29.9 Å². The van der Waals surface area contributed by atoms with Crippen LogP contribution < -0.4 is 11.1 Å². The van der Waals surface area contributed by atoms with Gasteiger partial charge in [0.25, 0.3) is 0 Å². The number of benzene rings is 1. The van der Waals surface area contributed by atoms with Crippen molar-refractivity contribution in [1.29, 1.82) is 0 Å². The molecular weight excluding hydrogens is 259 g/mol. The fourth-order valence-corrected chi connectivity index (χ4v) is 1.34. The Balaban J connectivity index is 0.00000256. The highest BCUT2D eigenvalue weighted by atomic mass is 35.5. The zero-order chi connectivity index (χ0) is 12.1. The zero-order valence-corrected chi connectivity index (χ0v) is 11.5. The van der Waals surface area contributed by atoms with Crippen LogP contribution in [-0.2, 0) is 11.3 Å². The van der Waals surface area contributed by atoms with Crippen LogP contribution in [0.2, 0.25) is 5.02 Å². The first-order chi connectivity index (χ1) is 7.50. The van der Waals surface area contributed by atoms with E-state index >= 15 is 0 Å². The van der Waals surface area contributed by atoms with Gasteiger partial charge in [0.2, 0.25) is 5.91 Å². The molecule has 1 aromatic carbocycles. The van der Waals surface area contributed by atoms with Crippen molar-refractivity contribution < 1.29 is 4.79 Å². The van der Waals surface area contributed by atoms with Crippen LogP contribution in [0.5, 0.6) is 0 Å². The summed E-state index contributed by atoms with van der Waals surface area (Å²) in [6.07, 6.45) is 0. The first-order valence-electron chi connectivity index (χ1n) is 5.28. The second-order valence-corrected chi connectivity index (χ2v) is 4.55. The number of hydrogen-bond donors (Lipinski definition) is 2. The largest absolute Gasteiger partial charge is 0.351 e. The molecule has 96 valence electrons. The van der Waals surface area contributed by atoms with Crippen molar-refractivity contribution in [3.8, 4) is 0 Å². The van der Waals surface area contributed by atoms with Gasteiger partial charge >= 0.3 is 0 Å². The Labute approximate surface area is 113 Å².